The molecule has 0 aliphatic rings. The molecule has 0 aliphatic carbocycles. The lowest BCUT2D eigenvalue weighted by Crippen LogP contribution is -2.26. The first-order valence-electron chi connectivity index (χ1n) is 11.6. The number of methoxy groups -OCH3 is 3. The Morgan fingerprint density at radius 2 is 1.39 bits per heavy atom. The zero-order valence-electron chi connectivity index (χ0n) is 20.0. The van der Waals surface area contributed by atoms with Crippen molar-refractivity contribution >= 4 is 23.4 Å². The van der Waals surface area contributed by atoms with Gasteiger partial charge in [0.2, 0.25) is 17.7 Å². The monoisotopic (exact) mass is 455 g/mol. The van der Waals surface area contributed by atoms with Crippen LogP contribution in [0, 0.1) is 0 Å². The molecular weight excluding hydrogens is 414 g/mol. The van der Waals surface area contributed by atoms with E-state index in [2.05, 4.69) is 29.1 Å². The van der Waals surface area contributed by atoms with Gasteiger partial charge in [0.1, 0.15) is 0 Å². The summed E-state index contributed by atoms with van der Waals surface area (Å²) in [6.07, 6.45) is 12.9. The van der Waals surface area contributed by atoms with Crippen LogP contribution in [0.25, 0.3) is 0 Å². The van der Waals surface area contributed by atoms with Crippen LogP contribution in [0.3, 0.4) is 0 Å². The zero-order valence-corrected chi connectivity index (χ0v) is 20.8. The molecule has 0 radical (unpaired) electrons. The van der Waals surface area contributed by atoms with Crippen molar-refractivity contribution in [1.82, 2.24) is 9.97 Å². The Balaban J connectivity index is 2.80. The van der Waals surface area contributed by atoms with Gasteiger partial charge in [-0.05, 0) is 18.6 Å². The number of hydrogen-bond acceptors (Lipinski definition) is 7. The predicted octanol–water partition coefficient (Wildman–Crippen LogP) is 5.87. The molecule has 1 rings (SSSR count). The molecule has 0 bridgehead atoms. The average molecular weight is 456 g/mol. The topological polar surface area (TPSA) is 82.6 Å². The molecule has 178 valence electrons. The van der Waals surface area contributed by atoms with Crippen LogP contribution >= 0.6 is 11.8 Å². The average Bonchev–Trinajstić information content (AvgIpc) is 2.79. The van der Waals surface area contributed by atoms with E-state index in [4.69, 9.17) is 14.2 Å². The van der Waals surface area contributed by atoms with E-state index in [0.717, 1.165) is 25.0 Å². The van der Waals surface area contributed by atoms with Crippen LogP contribution in [0.1, 0.15) is 84.5 Å². The maximum atomic E-state index is 13.2. The van der Waals surface area contributed by atoms with Gasteiger partial charge in [0.05, 0.1) is 26.6 Å². The fourth-order valence-corrected chi connectivity index (χ4v) is 4.45. The van der Waals surface area contributed by atoms with Crippen LogP contribution in [0.5, 0.6) is 17.8 Å². The first-order valence-corrected chi connectivity index (χ1v) is 12.6. The van der Waals surface area contributed by atoms with Gasteiger partial charge in [-0.15, -0.1) is 11.8 Å². The van der Waals surface area contributed by atoms with Crippen LogP contribution < -0.4 is 19.5 Å². The molecular formula is C23H41N3O4S. The van der Waals surface area contributed by atoms with Gasteiger partial charge in [0.25, 0.3) is 0 Å². The molecule has 0 spiro atoms. The SMILES string of the molecule is CCCCCCCCC(SCCCCCC)C(=O)Nc1c(OC)nc(OC)nc1OC. The van der Waals surface area contributed by atoms with Crippen molar-refractivity contribution in [2.75, 3.05) is 32.4 Å². The summed E-state index contributed by atoms with van der Waals surface area (Å²) in [5.74, 6) is 1.38. The Kier molecular flexibility index (Phi) is 14.9. The summed E-state index contributed by atoms with van der Waals surface area (Å²) < 4.78 is 15.8. The summed E-state index contributed by atoms with van der Waals surface area (Å²) in [4.78, 5) is 21.5. The number of carbonyl (C=O) groups is 1. The maximum Gasteiger partial charge on any atom is 0.322 e. The van der Waals surface area contributed by atoms with Crippen LogP contribution in [-0.2, 0) is 4.79 Å². The highest BCUT2D eigenvalue weighted by molar-refractivity contribution is 8.00. The highest BCUT2D eigenvalue weighted by Gasteiger charge is 2.24. The Bertz CT molecular complexity index is 606. The molecule has 1 aromatic rings. The number of aromatic nitrogens is 2. The number of ether oxygens (including phenoxy) is 3. The van der Waals surface area contributed by atoms with Crippen LogP contribution in [0.2, 0.25) is 0 Å². The third kappa shape index (κ3) is 10.4. The molecule has 31 heavy (non-hydrogen) atoms. The Hall–Kier alpha value is -1.70. The second-order valence-electron chi connectivity index (χ2n) is 7.57. The fraction of sp³-hybridized carbons (Fsp3) is 0.783. The molecule has 1 heterocycles. The van der Waals surface area contributed by atoms with Gasteiger partial charge < -0.3 is 19.5 Å². The maximum absolute atomic E-state index is 13.2. The number of nitrogens with zero attached hydrogens (tertiary/aromatic N) is 2. The Morgan fingerprint density at radius 3 is 1.94 bits per heavy atom. The number of anilines is 1. The third-order valence-corrected chi connectivity index (χ3v) is 6.45. The Morgan fingerprint density at radius 1 is 0.839 bits per heavy atom. The number of hydrogen-bond donors (Lipinski definition) is 1. The number of carbonyl (C=O) groups excluding carboxylic acids is 1. The molecule has 1 amide bonds. The summed E-state index contributed by atoms with van der Waals surface area (Å²) in [7, 11) is 4.46. The highest BCUT2D eigenvalue weighted by Crippen LogP contribution is 2.34. The molecule has 0 aromatic carbocycles. The number of nitrogens with one attached hydrogen (secondary N) is 1. The lowest BCUT2D eigenvalue weighted by molar-refractivity contribution is -0.115. The van der Waals surface area contributed by atoms with Gasteiger partial charge in [-0.3, -0.25) is 4.79 Å². The minimum absolute atomic E-state index is 0.0561. The normalized spacial score (nSPS) is 11.8. The van der Waals surface area contributed by atoms with E-state index in [1.165, 1.54) is 72.7 Å². The van der Waals surface area contributed by atoms with Crippen molar-refractivity contribution in [3.63, 3.8) is 0 Å². The van der Waals surface area contributed by atoms with Gasteiger partial charge in [-0.1, -0.05) is 71.6 Å². The summed E-state index contributed by atoms with van der Waals surface area (Å²) in [5, 5.41) is 2.83. The van der Waals surface area contributed by atoms with Gasteiger partial charge in [-0.2, -0.15) is 9.97 Å². The molecule has 1 atom stereocenters. The lowest BCUT2D eigenvalue weighted by Gasteiger charge is -2.19. The minimum atomic E-state index is -0.121. The van der Waals surface area contributed by atoms with Crippen molar-refractivity contribution in [3.8, 4) is 17.8 Å². The first kappa shape index (κ1) is 27.3. The molecule has 1 aromatic heterocycles. The second-order valence-corrected chi connectivity index (χ2v) is 8.88. The van der Waals surface area contributed by atoms with Gasteiger partial charge in [-0.25, -0.2) is 0 Å². The van der Waals surface area contributed by atoms with Crippen LogP contribution in [0.15, 0.2) is 0 Å². The van der Waals surface area contributed by atoms with Gasteiger partial charge in [0.15, 0.2) is 5.69 Å². The van der Waals surface area contributed by atoms with E-state index < -0.39 is 0 Å². The minimum Gasteiger partial charge on any atom is -0.479 e. The quantitative estimate of drug-likeness (QED) is 0.277. The molecule has 0 saturated heterocycles. The zero-order chi connectivity index (χ0) is 22.9. The summed E-state index contributed by atoms with van der Waals surface area (Å²) in [6, 6.07) is 0.126. The van der Waals surface area contributed by atoms with Crippen molar-refractivity contribution in [1.29, 1.82) is 0 Å². The van der Waals surface area contributed by atoms with Crippen LogP contribution in [0.4, 0.5) is 5.69 Å². The van der Waals surface area contributed by atoms with E-state index in [0.29, 0.717) is 5.69 Å². The molecule has 7 nitrogen and oxygen atoms in total. The largest absolute Gasteiger partial charge is 0.479 e. The van der Waals surface area contributed by atoms with E-state index in [1.54, 1.807) is 11.8 Å². The van der Waals surface area contributed by atoms with Crippen molar-refractivity contribution in [2.45, 2.75) is 89.7 Å². The standard InChI is InChI=1S/C23H41N3O4S/c1-6-8-10-12-13-14-16-18(31-17-15-11-9-7-2)20(27)24-19-21(28-3)25-23(30-5)26-22(19)29-4/h18H,6-17H2,1-5H3,(H,24,27). The number of unbranched alkanes of at least 4 members (excludes halogenated alkanes) is 8. The molecule has 1 unspecified atom stereocenters. The van der Waals surface area contributed by atoms with Crippen molar-refractivity contribution in [2.24, 2.45) is 0 Å². The predicted molar refractivity (Wildman–Crippen MR) is 129 cm³/mol. The van der Waals surface area contributed by atoms with E-state index in [1.807, 2.05) is 0 Å². The van der Waals surface area contributed by atoms with Gasteiger partial charge in [0, 0.05) is 0 Å². The molecule has 0 aliphatic heterocycles. The summed E-state index contributed by atoms with van der Waals surface area (Å²) >= 11 is 1.74. The van der Waals surface area contributed by atoms with Gasteiger partial charge >= 0.3 is 6.01 Å². The smallest absolute Gasteiger partial charge is 0.322 e. The highest BCUT2D eigenvalue weighted by atomic mass is 32.2. The third-order valence-electron chi connectivity index (χ3n) is 5.07. The lowest BCUT2D eigenvalue weighted by atomic mass is 10.1. The molecule has 0 fully saturated rings. The number of amides is 1. The second kappa shape index (κ2) is 16.9. The number of rotatable bonds is 18. The molecule has 1 N–H and O–H groups in total. The first-order chi connectivity index (χ1) is 15.1. The van der Waals surface area contributed by atoms with Crippen molar-refractivity contribution in [3.05, 3.63) is 0 Å². The number of thioether (sulfide) groups is 1. The fourth-order valence-electron chi connectivity index (χ4n) is 3.25. The van der Waals surface area contributed by atoms with E-state index in [9.17, 15) is 4.79 Å². The Labute approximate surface area is 192 Å². The van der Waals surface area contributed by atoms with Crippen LogP contribution in [-0.4, -0.2) is 48.2 Å². The summed E-state index contributed by atoms with van der Waals surface area (Å²) in [6.45, 7) is 4.43. The summed E-state index contributed by atoms with van der Waals surface area (Å²) in [5.41, 5.74) is 0.343. The van der Waals surface area contributed by atoms with E-state index in [-0.39, 0.29) is 28.9 Å². The molecule has 0 saturated carbocycles. The van der Waals surface area contributed by atoms with E-state index >= 15 is 0 Å². The van der Waals surface area contributed by atoms with Crippen molar-refractivity contribution < 1.29 is 19.0 Å². The molecule has 8 heteroatoms.